The maximum atomic E-state index is 3.53. The summed E-state index contributed by atoms with van der Waals surface area (Å²) in [6.45, 7) is 8.80. The van der Waals surface area contributed by atoms with E-state index in [0.717, 1.165) is 5.33 Å². The van der Waals surface area contributed by atoms with Gasteiger partial charge in [0.2, 0.25) is 0 Å². The van der Waals surface area contributed by atoms with Crippen molar-refractivity contribution in [2.24, 2.45) is 0 Å². The number of benzene rings is 1. The van der Waals surface area contributed by atoms with Crippen LogP contribution < -0.4 is 0 Å². The van der Waals surface area contributed by atoms with Crippen LogP contribution in [-0.2, 0) is 0 Å². The molecule has 72 valence electrons. The van der Waals surface area contributed by atoms with Crippen molar-refractivity contribution >= 4 is 15.9 Å². The van der Waals surface area contributed by atoms with E-state index in [-0.39, 0.29) is 0 Å². The Kier molecular flexibility index (Phi) is 3.55. The summed E-state index contributed by atoms with van der Waals surface area (Å²) in [5.41, 5.74) is 5.67. The minimum atomic E-state index is 0.610. The Morgan fingerprint density at radius 1 is 1.08 bits per heavy atom. The molecule has 0 spiro atoms. The molecule has 0 nitrogen and oxygen atoms in total. The topological polar surface area (TPSA) is 0 Å². The Bertz CT molecular complexity index is 302. The van der Waals surface area contributed by atoms with E-state index >= 15 is 0 Å². The summed E-state index contributed by atoms with van der Waals surface area (Å²) >= 11 is 3.53. The Hall–Kier alpha value is -0.300. The fourth-order valence-electron chi connectivity index (χ4n) is 1.60. The summed E-state index contributed by atoms with van der Waals surface area (Å²) < 4.78 is 0. The highest BCUT2D eigenvalue weighted by molar-refractivity contribution is 9.09. The third kappa shape index (κ3) is 2.34. The van der Waals surface area contributed by atoms with Crippen molar-refractivity contribution in [1.29, 1.82) is 0 Å². The summed E-state index contributed by atoms with van der Waals surface area (Å²) in [4.78, 5) is 0. The van der Waals surface area contributed by atoms with E-state index in [1.807, 2.05) is 0 Å². The number of hydrogen-bond donors (Lipinski definition) is 0. The Morgan fingerprint density at radius 2 is 1.62 bits per heavy atom. The zero-order chi connectivity index (χ0) is 10.0. The fraction of sp³-hybridized carbons (Fsp3) is 0.500. The molecule has 0 fully saturated rings. The van der Waals surface area contributed by atoms with E-state index in [4.69, 9.17) is 0 Å². The first-order chi connectivity index (χ1) is 6.06. The van der Waals surface area contributed by atoms with Gasteiger partial charge in [0.05, 0.1) is 0 Å². The van der Waals surface area contributed by atoms with Gasteiger partial charge < -0.3 is 0 Å². The van der Waals surface area contributed by atoms with Gasteiger partial charge in [-0.25, -0.2) is 0 Å². The summed E-state index contributed by atoms with van der Waals surface area (Å²) in [5.74, 6) is 0.610. The highest BCUT2D eigenvalue weighted by Gasteiger charge is 2.08. The molecule has 1 unspecified atom stereocenters. The van der Waals surface area contributed by atoms with Gasteiger partial charge in [0, 0.05) is 5.33 Å². The second kappa shape index (κ2) is 4.28. The van der Waals surface area contributed by atoms with E-state index in [9.17, 15) is 0 Å². The van der Waals surface area contributed by atoms with Gasteiger partial charge >= 0.3 is 0 Å². The lowest BCUT2D eigenvalue weighted by atomic mass is 9.94. The van der Waals surface area contributed by atoms with Crippen molar-refractivity contribution < 1.29 is 0 Å². The first-order valence-electron chi connectivity index (χ1n) is 4.70. The lowest BCUT2D eigenvalue weighted by molar-refractivity contribution is 0.873. The summed E-state index contributed by atoms with van der Waals surface area (Å²) in [7, 11) is 0. The molecule has 0 radical (unpaired) electrons. The molecule has 0 saturated carbocycles. The van der Waals surface area contributed by atoms with Crippen LogP contribution >= 0.6 is 15.9 Å². The van der Waals surface area contributed by atoms with Crippen molar-refractivity contribution in [3.8, 4) is 0 Å². The zero-order valence-electron chi connectivity index (χ0n) is 8.82. The van der Waals surface area contributed by atoms with Crippen LogP contribution in [0.5, 0.6) is 0 Å². The van der Waals surface area contributed by atoms with Gasteiger partial charge in [-0.15, -0.1) is 0 Å². The first kappa shape index (κ1) is 10.8. The van der Waals surface area contributed by atoms with Crippen LogP contribution in [-0.4, -0.2) is 5.33 Å². The molecule has 1 atom stereocenters. The molecular formula is C12H17Br. The number of halogens is 1. The molecule has 0 heterocycles. The molecular weight excluding hydrogens is 224 g/mol. The minimum absolute atomic E-state index is 0.610. The number of aryl methyl sites for hydroxylation is 3. The van der Waals surface area contributed by atoms with Gasteiger partial charge in [0.1, 0.15) is 0 Å². The highest BCUT2D eigenvalue weighted by atomic mass is 79.9. The second-order valence-electron chi connectivity index (χ2n) is 3.85. The van der Waals surface area contributed by atoms with Crippen molar-refractivity contribution in [1.82, 2.24) is 0 Å². The molecule has 0 bridgehead atoms. The molecule has 1 rings (SSSR count). The van der Waals surface area contributed by atoms with Crippen LogP contribution in [0.1, 0.15) is 35.1 Å². The Morgan fingerprint density at radius 3 is 2.15 bits per heavy atom. The zero-order valence-corrected chi connectivity index (χ0v) is 10.4. The number of alkyl halides is 1. The van der Waals surface area contributed by atoms with E-state index in [0.29, 0.717) is 5.92 Å². The lowest BCUT2D eigenvalue weighted by Crippen LogP contribution is -1.99. The minimum Gasteiger partial charge on any atom is -0.0922 e. The van der Waals surface area contributed by atoms with Gasteiger partial charge in [-0.3, -0.25) is 0 Å². The molecule has 1 aromatic rings. The third-order valence-corrected chi connectivity index (χ3v) is 3.62. The molecule has 0 N–H and O–H groups in total. The van der Waals surface area contributed by atoms with E-state index in [1.54, 1.807) is 0 Å². The third-order valence-electron chi connectivity index (χ3n) is 2.64. The maximum absolute atomic E-state index is 3.53. The smallest absolute Gasteiger partial charge is 0.00976 e. The molecule has 0 aliphatic carbocycles. The largest absolute Gasteiger partial charge is 0.0922 e. The summed E-state index contributed by atoms with van der Waals surface area (Å²) in [6, 6.07) is 4.60. The molecule has 0 aliphatic rings. The van der Waals surface area contributed by atoms with E-state index < -0.39 is 0 Å². The second-order valence-corrected chi connectivity index (χ2v) is 4.50. The van der Waals surface area contributed by atoms with Crippen LogP contribution in [0.2, 0.25) is 0 Å². The molecule has 13 heavy (non-hydrogen) atoms. The van der Waals surface area contributed by atoms with Gasteiger partial charge in [0.25, 0.3) is 0 Å². The van der Waals surface area contributed by atoms with Gasteiger partial charge in [-0.1, -0.05) is 35.0 Å². The molecule has 0 aliphatic heterocycles. The molecule has 1 heteroatoms. The summed E-state index contributed by atoms with van der Waals surface area (Å²) in [5, 5.41) is 1.04. The van der Waals surface area contributed by atoms with Crippen LogP contribution in [0.3, 0.4) is 0 Å². The quantitative estimate of drug-likeness (QED) is 0.683. The first-order valence-corrected chi connectivity index (χ1v) is 5.82. The Labute approximate surface area is 89.5 Å². The normalized spacial score (nSPS) is 13.0. The SMILES string of the molecule is Cc1cc(C)c(C(C)CBr)cc1C. The number of hydrogen-bond acceptors (Lipinski definition) is 0. The predicted molar refractivity (Wildman–Crippen MR) is 62.9 cm³/mol. The lowest BCUT2D eigenvalue weighted by Gasteiger charge is -2.14. The Balaban J connectivity index is 3.15. The fourth-order valence-corrected chi connectivity index (χ4v) is 1.95. The van der Waals surface area contributed by atoms with Crippen molar-refractivity contribution in [2.75, 3.05) is 5.33 Å². The van der Waals surface area contributed by atoms with Crippen LogP contribution in [0.25, 0.3) is 0 Å². The summed E-state index contributed by atoms with van der Waals surface area (Å²) in [6.07, 6.45) is 0. The maximum Gasteiger partial charge on any atom is 0.00976 e. The predicted octanol–water partition coefficient (Wildman–Crippen LogP) is 4.11. The monoisotopic (exact) mass is 240 g/mol. The molecule has 0 amide bonds. The van der Waals surface area contributed by atoms with Gasteiger partial charge in [-0.2, -0.15) is 0 Å². The van der Waals surface area contributed by atoms with E-state index in [1.165, 1.54) is 22.3 Å². The highest BCUT2D eigenvalue weighted by Crippen LogP contribution is 2.24. The van der Waals surface area contributed by atoms with Crippen LogP contribution in [0.15, 0.2) is 12.1 Å². The standard InChI is InChI=1S/C12H17Br/c1-8-5-10(3)12(6-9(8)2)11(4)7-13/h5-6,11H,7H2,1-4H3. The average Bonchev–Trinajstić information content (AvgIpc) is 2.10. The van der Waals surface area contributed by atoms with Gasteiger partial charge in [0.15, 0.2) is 0 Å². The molecule has 1 aromatic carbocycles. The van der Waals surface area contributed by atoms with Crippen molar-refractivity contribution in [3.63, 3.8) is 0 Å². The average molecular weight is 241 g/mol. The van der Waals surface area contributed by atoms with Gasteiger partial charge in [-0.05, 0) is 48.9 Å². The molecule has 0 aromatic heterocycles. The van der Waals surface area contributed by atoms with Crippen molar-refractivity contribution in [3.05, 3.63) is 34.4 Å². The molecule has 0 saturated heterocycles. The van der Waals surface area contributed by atoms with Crippen LogP contribution in [0.4, 0.5) is 0 Å². The van der Waals surface area contributed by atoms with Crippen LogP contribution in [0, 0.1) is 20.8 Å². The number of rotatable bonds is 2. The van der Waals surface area contributed by atoms with Crippen molar-refractivity contribution in [2.45, 2.75) is 33.6 Å². The van der Waals surface area contributed by atoms with E-state index in [2.05, 4.69) is 55.8 Å².